The maximum Gasteiger partial charge on any atom is 0.101 e. The first-order valence-electron chi connectivity index (χ1n) is 5.96. The molecule has 18 heavy (non-hydrogen) atoms. The largest absolute Gasteiger partial charge is 0.192 e. The average Bonchev–Trinajstić information content (AvgIpc) is 2.40. The number of aryl methyl sites for hydroxylation is 2. The van der Waals surface area contributed by atoms with E-state index in [-0.39, 0.29) is 0 Å². The first-order chi connectivity index (χ1) is 8.67. The van der Waals surface area contributed by atoms with Gasteiger partial charge in [0, 0.05) is 5.56 Å². The highest BCUT2D eigenvalue weighted by molar-refractivity contribution is 6.34. The number of nitrogens with zero attached hydrogens (tertiary/aromatic N) is 1. The summed E-state index contributed by atoms with van der Waals surface area (Å²) >= 11 is 6.26. The summed E-state index contributed by atoms with van der Waals surface area (Å²) in [6.07, 6.45) is 0.995. The van der Waals surface area contributed by atoms with Gasteiger partial charge < -0.3 is 0 Å². The highest BCUT2D eigenvalue weighted by Gasteiger charge is 2.08. The van der Waals surface area contributed by atoms with Crippen LogP contribution in [0.25, 0.3) is 11.1 Å². The molecule has 0 heterocycles. The lowest BCUT2D eigenvalue weighted by molar-refractivity contribution is 1.11. The minimum Gasteiger partial charge on any atom is -0.192 e. The van der Waals surface area contributed by atoms with Crippen LogP contribution >= 0.6 is 11.6 Å². The highest BCUT2D eigenvalue weighted by Crippen LogP contribution is 2.31. The van der Waals surface area contributed by atoms with Crippen molar-refractivity contribution in [3.63, 3.8) is 0 Å². The van der Waals surface area contributed by atoms with Crippen LogP contribution in [-0.4, -0.2) is 0 Å². The molecule has 2 aromatic rings. The first-order valence-corrected chi connectivity index (χ1v) is 6.33. The molecule has 0 amide bonds. The van der Waals surface area contributed by atoms with Crippen molar-refractivity contribution >= 4 is 11.6 Å². The van der Waals surface area contributed by atoms with Crippen molar-refractivity contribution < 1.29 is 0 Å². The molecule has 2 heteroatoms. The lowest BCUT2D eigenvalue weighted by atomic mass is 9.97. The highest BCUT2D eigenvalue weighted by atomic mass is 35.5. The third-order valence-corrected chi connectivity index (χ3v) is 3.57. The minimum absolute atomic E-state index is 0.521. The Kier molecular flexibility index (Phi) is 3.69. The Morgan fingerprint density at radius 3 is 2.67 bits per heavy atom. The van der Waals surface area contributed by atoms with Crippen LogP contribution in [0.4, 0.5) is 0 Å². The predicted octanol–water partition coefficient (Wildman–Crippen LogP) is 4.75. The van der Waals surface area contributed by atoms with Crippen LogP contribution < -0.4 is 0 Å². The molecule has 0 N–H and O–H groups in total. The molecule has 2 aromatic carbocycles. The lowest BCUT2D eigenvalue weighted by Crippen LogP contribution is -1.89. The Hall–Kier alpha value is -1.78. The Morgan fingerprint density at radius 2 is 2.00 bits per heavy atom. The van der Waals surface area contributed by atoms with Gasteiger partial charge >= 0.3 is 0 Å². The molecule has 0 spiro atoms. The molecular weight excluding hydrogens is 242 g/mol. The fraction of sp³-hybridized carbons (Fsp3) is 0.188. The van der Waals surface area contributed by atoms with Gasteiger partial charge in [-0.3, -0.25) is 0 Å². The molecule has 0 aliphatic heterocycles. The van der Waals surface area contributed by atoms with E-state index in [4.69, 9.17) is 16.9 Å². The number of nitriles is 1. The van der Waals surface area contributed by atoms with Crippen LogP contribution in [0.3, 0.4) is 0 Å². The van der Waals surface area contributed by atoms with Crippen molar-refractivity contribution in [1.82, 2.24) is 0 Å². The van der Waals surface area contributed by atoms with Gasteiger partial charge in [0.2, 0.25) is 0 Å². The van der Waals surface area contributed by atoms with Gasteiger partial charge in [0.1, 0.15) is 6.07 Å². The molecule has 0 fully saturated rings. The number of rotatable bonds is 2. The quantitative estimate of drug-likeness (QED) is 0.760. The van der Waals surface area contributed by atoms with Crippen LogP contribution in [0.5, 0.6) is 0 Å². The van der Waals surface area contributed by atoms with Crippen molar-refractivity contribution in [3.8, 4) is 17.2 Å². The summed E-state index contributed by atoms with van der Waals surface area (Å²) in [4.78, 5) is 0. The van der Waals surface area contributed by atoms with Crippen LogP contribution in [0, 0.1) is 18.3 Å². The van der Waals surface area contributed by atoms with Gasteiger partial charge in [-0.15, -0.1) is 0 Å². The fourth-order valence-corrected chi connectivity index (χ4v) is 2.34. The summed E-state index contributed by atoms with van der Waals surface area (Å²) in [5.74, 6) is 0. The first kappa shape index (κ1) is 12.7. The number of hydrogen-bond donors (Lipinski definition) is 0. The Balaban J connectivity index is 2.59. The Labute approximate surface area is 113 Å². The van der Waals surface area contributed by atoms with Crippen LogP contribution in [-0.2, 0) is 6.42 Å². The molecule has 0 bridgehead atoms. The monoisotopic (exact) mass is 255 g/mol. The third-order valence-electron chi connectivity index (χ3n) is 3.16. The molecule has 1 nitrogen and oxygen atoms in total. The molecule has 90 valence electrons. The summed E-state index contributed by atoms with van der Waals surface area (Å²) in [6.45, 7) is 4.25. The second-order valence-corrected chi connectivity index (χ2v) is 4.65. The van der Waals surface area contributed by atoms with Crippen LogP contribution in [0.2, 0.25) is 5.02 Å². The predicted molar refractivity (Wildman–Crippen MR) is 75.7 cm³/mol. The molecule has 0 saturated carbocycles. The van der Waals surface area contributed by atoms with Gasteiger partial charge in [0.05, 0.1) is 10.6 Å². The average molecular weight is 256 g/mol. The van der Waals surface area contributed by atoms with Crippen LogP contribution in [0.1, 0.15) is 23.6 Å². The Bertz CT molecular complexity index is 623. The fourth-order valence-electron chi connectivity index (χ4n) is 2.06. The van der Waals surface area contributed by atoms with E-state index in [1.807, 2.05) is 12.1 Å². The standard InChI is InChI=1S/C16H14ClN/c1-3-12-9-13(8-7-11(12)2)15-6-4-5-14(10-18)16(15)17/h4-9H,3H2,1-2H3. The van der Waals surface area contributed by atoms with Crippen molar-refractivity contribution in [3.05, 3.63) is 58.1 Å². The second kappa shape index (κ2) is 5.25. The molecule has 0 saturated heterocycles. The summed E-state index contributed by atoms with van der Waals surface area (Å²) in [5.41, 5.74) is 5.11. The zero-order valence-corrected chi connectivity index (χ0v) is 11.3. The van der Waals surface area contributed by atoms with Crippen LogP contribution in [0.15, 0.2) is 36.4 Å². The molecule has 0 unspecified atom stereocenters. The van der Waals surface area contributed by atoms with Gasteiger partial charge in [-0.25, -0.2) is 0 Å². The Morgan fingerprint density at radius 1 is 1.22 bits per heavy atom. The van der Waals surface area contributed by atoms with E-state index in [0.717, 1.165) is 17.5 Å². The maximum absolute atomic E-state index is 9.00. The summed E-state index contributed by atoms with van der Waals surface area (Å²) in [5, 5.41) is 9.53. The van der Waals surface area contributed by atoms with E-state index in [9.17, 15) is 0 Å². The van der Waals surface area contributed by atoms with Crippen molar-refractivity contribution in [1.29, 1.82) is 5.26 Å². The summed E-state index contributed by atoms with van der Waals surface area (Å²) in [6, 6.07) is 14.0. The van der Waals surface area contributed by atoms with E-state index in [0.29, 0.717) is 10.6 Å². The van der Waals surface area contributed by atoms with Gasteiger partial charge in [-0.1, -0.05) is 48.9 Å². The van der Waals surface area contributed by atoms with Gasteiger partial charge in [0.15, 0.2) is 0 Å². The lowest BCUT2D eigenvalue weighted by Gasteiger charge is -2.09. The normalized spacial score (nSPS) is 10.1. The van der Waals surface area contributed by atoms with Crippen molar-refractivity contribution in [2.24, 2.45) is 0 Å². The number of benzene rings is 2. The summed E-state index contributed by atoms with van der Waals surface area (Å²) < 4.78 is 0. The SMILES string of the molecule is CCc1cc(-c2cccc(C#N)c2Cl)ccc1C. The van der Waals surface area contributed by atoms with E-state index in [2.05, 4.69) is 38.1 Å². The molecule has 0 aliphatic carbocycles. The number of hydrogen-bond acceptors (Lipinski definition) is 1. The number of halogens is 1. The molecule has 0 aromatic heterocycles. The second-order valence-electron chi connectivity index (χ2n) is 4.27. The minimum atomic E-state index is 0.521. The zero-order chi connectivity index (χ0) is 13.1. The molecule has 0 aliphatic rings. The zero-order valence-electron chi connectivity index (χ0n) is 10.5. The van der Waals surface area contributed by atoms with E-state index in [1.165, 1.54) is 11.1 Å². The van der Waals surface area contributed by atoms with Crippen molar-refractivity contribution in [2.45, 2.75) is 20.3 Å². The topological polar surface area (TPSA) is 23.8 Å². The molecule has 0 atom stereocenters. The summed E-state index contributed by atoms with van der Waals surface area (Å²) in [7, 11) is 0. The third kappa shape index (κ3) is 2.25. The van der Waals surface area contributed by atoms with Crippen molar-refractivity contribution in [2.75, 3.05) is 0 Å². The smallest absolute Gasteiger partial charge is 0.101 e. The van der Waals surface area contributed by atoms with E-state index in [1.54, 1.807) is 6.07 Å². The molecule has 0 radical (unpaired) electrons. The molecular formula is C16H14ClN. The van der Waals surface area contributed by atoms with Gasteiger partial charge in [-0.2, -0.15) is 5.26 Å². The van der Waals surface area contributed by atoms with E-state index < -0.39 is 0 Å². The van der Waals surface area contributed by atoms with E-state index >= 15 is 0 Å². The van der Waals surface area contributed by atoms with Gasteiger partial charge in [0.25, 0.3) is 0 Å². The van der Waals surface area contributed by atoms with Gasteiger partial charge in [-0.05, 0) is 36.1 Å². The maximum atomic E-state index is 9.00. The molecule has 2 rings (SSSR count).